The van der Waals surface area contributed by atoms with Gasteiger partial charge in [-0.3, -0.25) is 9.69 Å². The van der Waals surface area contributed by atoms with E-state index < -0.39 is 0 Å². The second kappa shape index (κ2) is 11.2. The molecule has 2 fully saturated rings. The molecule has 31 heavy (non-hydrogen) atoms. The maximum absolute atomic E-state index is 12.4. The molecular formula is C24H33N5O2. The second-order valence-corrected chi connectivity index (χ2v) is 8.42. The van der Waals surface area contributed by atoms with Crippen molar-refractivity contribution < 1.29 is 9.53 Å². The fraction of sp³-hybridized carbons (Fsp3) is 0.542. The Morgan fingerprint density at radius 1 is 1.00 bits per heavy atom. The van der Waals surface area contributed by atoms with Crippen molar-refractivity contribution in [1.82, 2.24) is 20.2 Å². The van der Waals surface area contributed by atoms with E-state index in [0.29, 0.717) is 24.1 Å². The lowest BCUT2D eigenvalue weighted by Crippen LogP contribution is -2.38. The Kier molecular flexibility index (Phi) is 7.85. The summed E-state index contributed by atoms with van der Waals surface area (Å²) in [5, 5.41) is 6.46. The van der Waals surface area contributed by atoms with Crippen molar-refractivity contribution in [2.24, 2.45) is 0 Å². The molecular weight excluding hydrogens is 390 g/mol. The number of nitrogens with one attached hydrogen (secondary N) is 2. The largest absolute Gasteiger partial charge is 0.379 e. The van der Waals surface area contributed by atoms with Crippen LogP contribution in [0.5, 0.6) is 0 Å². The summed E-state index contributed by atoms with van der Waals surface area (Å²) in [4.78, 5) is 23.7. The summed E-state index contributed by atoms with van der Waals surface area (Å²) >= 11 is 0. The van der Waals surface area contributed by atoms with E-state index in [1.54, 1.807) is 0 Å². The van der Waals surface area contributed by atoms with Crippen molar-refractivity contribution in [3.05, 3.63) is 42.2 Å². The first-order chi connectivity index (χ1) is 15.3. The topological polar surface area (TPSA) is 79.4 Å². The Bertz CT molecular complexity index is 813. The summed E-state index contributed by atoms with van der Waals surface area (Å²) in [7, 11) is 0. The molecule has 0 unspecified atom stereocenters. The normalized spacial score (nSPS) is 17.9. The molecule has 0 atom stereocenters. The molecule has 2 aliphatic rings. The molecule has 0 bridgehead atoms. The monoisotopic (exact) mass is 423 g/mol. The molecule has 1 saturated heterocycles. The average Bonchev–Trinajstić information content (AvgIpc) is 2.84. The molecule has 2 heterocycles. The third kappa shape index (κ3) is 6.48. The van der Waals surface area contributed by atoms with Crippen LogP contribution in [0.15, 0.2) is 36.7 Å². The van der Waals surface area contributed by atoms with Gasteiger partial charge in [0.05, 0.1) is 13.2 Å². The van der Waals surface area contributed by atoms with Crippen molar-refractivity contribution >= 4 is 11.9 Å². The van der Waals surface area contributed by atoms with Crippen LogP contribution in [0.1, 0.15) is 48.9 Å². The number of carbonyl (C=O) groups is 1. The Balaban J connectivity index is 1.23. The Hall–Kier alpha value is -2.51. The zero-order valence-corrected chi connectivity index (χ0v) is 18.2. The van der Waals surface area contributed by atoms with Gasteiger partial charge in [0.1, 0.15) is 0 Å². The van der Waals surface area contributed by atoms with Gasteiger partial charge >= 0.3 is 0 Å². The zero-order chi connectivity index (χ0) is 21.3. The molecule has 0 spiro atoms. The van der Waals surface area contributed by atoms with Crippen LogP contribution in [0.25, 0.3) is 11.1 Å². The number of benzene rings is 1. The first-order valence-electron chi connectivity index (χ1n) is 11.6. The van der Waals surface area contributed by atoms with Gasteiger partial charge in [0.25, 0.3) is 5.91 Å². The fourth-order valence-corrected chi connectivity index (χ4v) is 4.23. The van der Waals surface area contributed by atoms with Crippen molar-refractivity contribution in [2.45, 2.75) is 44.6 Å². The van der Waals surface area contributed by atoms with Gasteiger partial charge < -0.3 is 15.4 Å². The minimum absolute atomic E-state index is 0.0307. The molecule has 1 amide bonds. The number of morpholine rings is 1. The lowest BCUT2D eigenvalue weighted by molar-refractivity contribution is 0.0374. The third-order valence-electron chi connectivity index (χ3n) is 6.11. The van der Waals surface area contributed by atoms with Crippen LogP contribution in [0.2, 0.25) is 0 Å². The van der Waals surface area contributed by atoms with E-state index >= 15 is 0 Å². The lowest BCUT2D eigenvalue weighted by Gasteiger charge is -2.26. The van der Waals surface area contributed by atoms with Gasteiger partial charge in [-0.05, 0) is 43.5 Å². The molecule has 1 aromatic carbocycles. The highest BCUT2D eigenvalue weighted by Gasteiger charge is 2.14. The van der Waals surface area contributed by atoms with Gasteiger partial charge in [-0.2, -0.15) is 0 Å². The van der Waals surface area contributed by atoms with Gasteiger partial charge in [0, 0.05) is 49.2 Å². The number of ether oxygens (including phenoxy) is 1. The second-order valence-electron chi connectivity index (χ2n) is 8.42. The molecule has 0 radical (unpaired) electrons. The van der Waals surface area contributed by atoms with E-state index in [-0.39, 0.29) is 5.91 Å². The van der Waals surface area contributed by atoms with Crippen LogP contribution in [0.4, 0.5) is 5.95 Å². The highest BCUT2D eigenvalue weighted by atomic mass is 16.5. The minimum Gasteiger partial charge on any atom is -0.379 e. The first-order valence-corrected chi connectivity index (χ1v) is 11.6. The smallest absolute Gasteiger partial charge is 0.251 e. The van der Waals surface area contributed by atoms with Crippen LogP contribution >= 0.6 is 0 Å². The number of hydrogen-bond donors (Lipinski definition) is 2. The molecule has 2 N–H and O–H groups in total. The Morgan fingerprint density at radius 3 is 2.42 bits per heavy atom. The lowest BCUT2D eigenvalue weighted by atomic mass is 9.96. The molecule has 4 rings (SSSR count). The maximum Gasteiger partial charge on any atom is 0.251 e. The summed E-state index contributed by atoms with van der Waals surface area (Å²) in [6, 6.07) is 8.12. The summed E-state index contributed by atoms with van der Waals surface area (Å²) < 4.78 is 5.36. The Morgan fingerprint density at radius 2 is 1.71 bits per heavy atom. The van der Waals surface area contributed by atoms with Crippen molar-refractivity contribution in [3.8, 4) is 11.1 Å². The van der Waals surface area contributed by atoms with Crippen molar-refractivity contribution in [1.29, 1.82) is 0 Å². The van der Waals surface area contributed by atoms with Gasteiger partial charge in [-0.1, -0.05) is 31.4 Å². The average molecular weight is 424 g/mol. The van der Waals surface area contributed by atoms with E-state index in [9.17, 15) is 4.79 Å². The highest BCUT2D eigenvalue weighted by molar-refractivity contribution is 5.94. The molecule has 1 aromatic heterocycles. The fourth-order valence-electron chi connectivity index (χ4n) is 4.23. The number of amides is 1. The zero-order valence-electron chi connectivity index (χ0n) is 18.2. The number of carbonyl (C=O) groups excluding carboxylic acids is 1. The van der Waals surface area contributed by atoms with Gasteiger partial charge in [0.15, 0.2) is 0 Å². The van der Waals surface area contributed by atoms with Gasteiger partial charge in [-0.25, -0.2) is 9.97 Å². The molecule has 2 aromatic rings. The molecule has 7 heteroatoms. The first kappa shape index (κ1) is 21.7. The van der Waals surface area contributed by atoms with Crippen molar-refractivity contribution in [3.63, 3.8) is 0 Å². The van der Waals surface area contributed by atoms with Crippen LogP contribution in [0, 0.1) is 0 Å². The molecule has 166 valence electrons. The van der Waals surface area contributed by atoms with Crippen LogP contribution in [0.3, 0.4) is 0 Å². The molecule has 1 aliphatic heterocycles. The SMILES string of the molecule is O=C(NCCCN1CCOCC1)c1ccc(-c2cnc(NC3CCCCC3)nc2)cc1. The maximum atomic E-state index is 12.4. The summed E-state index contributed by atoms with van der Waals surface area (Å²) in [6.07, 6.45) is 10.9. The number of aromatic nitrogens is 2. The Labute approximate surface area is 184 Å². The van der Waals surface area contributed by atoms with Gasteiger partial charge in [-0.15, -0.1) is 0 Å². The van der Waals surface area contributed by atoms with Crippen LogP contribution in [-0.4, -0.2) is 66.2 Å². The highest BCUT2D eigenvalue weighted by Crippen LogP contribution is 2.22. The number of rotatable bonds is 8. The van der Waals surface area contributed by atoms with Crippen molar-refractivity contribution in [2.75, 3.05) is 44.7 Å². The number of anilines is 1. The van der Waals surface area contributed by atoms with E-state index in [1.165, 1.54) is 32.1 Å². The summed E-state index contributed by atoms with van der Waals surface area (Å²) in [5.41, 5.74) is 2.63. The minimum atomic E-state index is -0.0307. The molecule has 1 aliphatic carbocycles. The van der Waals surface area contributed by atoms with E-state index in [4.69, 9.17) is 4.74 Å². The summed E-state index contributed by atoms with van der Waals surface area (Å²) in [6.45, 7) is 5.26. The standard InChI is InChI=1S/C24H33N5O2/c30-23(25-11-4-12-29-13-15-31-16-14-29)20-9-7-19(8-10-20)21-17-26-24(27-18-21)28-22-5-2-1-3-6-22/h7-10,17-18,22H,1-6,11-16H2,(H,25,30)(H,26,27,28). The van der Waals surface area contributed by atoms with E-state index in [0.717, 1.165) is 50.4 Å². The van der Waals surface area contributed by atoms with Crippen LogP contribution < -0.4 is 10.6 Å². The molecule has 1 saturated carbocycles. The predicted molar refractivity (Wildman–Crippen MR) is 122 cm³/mol. The number of nitrogens with zero attached hydrogens (tertiary/aromatic N) is 3. The molecule has 7 nitrogen and oxygen atoms in total. The quantitative estimate of drug-likeness (QED) is 0.634. The number of hydrogen-bond acceptors (Lipinski definition) is 6. The third-order valence-corrected chi connectivity index (χ3v) is 6.11. The van der Waals surface area contributed by atoms with E-state index in [2.05, 4.69) is 25.5 Å². The van der Waals surface area contributed by atoms with Crippen LogP contribution in [-0.2, 0) is 4.74 Å². The summed E-state index contributed by atoms with van der Waals surface area (Å²) in [5.74, 6) is 0.667. The van der Waals surface area contributed by atoms with Gasteiger partial charge in [0.2, 0.25) is 5.95 Å². The van der Waals surface area contributed by atoms with E-state index in [1.807, 2.05) is 36.7 Å². The predicted octanol–water partition coefficient (Wildman–Crippen LogP) is 3.34.